The van der Waals surface area contributed by atoms with Crippen molar-refractivity contribution in [2.75, 3.05) is 6.54 Å². The second-order valence-electron chi connectivity index (χ2n) is 4.33. The summed E-state index contributed by atoms with van der Waals surface area (Å²) in [6.07, 6.45) is 2.14. The topological polar surface area (TPSA) is 30.9 Å². The molecule has 1 aromatic carbocycles. The Labute approximate surface area is 97.1 Å². The minimum atomic E-state index is 0.756. The summed E-state index contributed by atoms with van der Waals surface area (Å²) in [5.41, 5.74) is 9.64. The van der Waals surface area contributed by atoms with Crippen LogP contribution in [0.15, 0.2) is 24.3 Å². The number of aromatic nitrogens is 1. The van der Waals surface area contributed by atoms with Crippen LogP contribution in [-0.4, -0.2) is 11.1 Å². The smallest absolute Gasteiger partial charge is 0.0482 e. The molecular formula is C14H20N2. The molecule has 0 radical (unpaired) electrons. The summed E-state index contributed by atoms with van der Waals surface area (Å²) in [4.78, 5) is 0. The van der Waals surface area contributed by atoms with Crippen molar-refractivity contribution in [3.8, 4) is 0 Å². The Bertz CT molecular complexity index is 483. The van der Waals surface area contributed by atoms with Gasteiger partial charge in [0.25, 0.3) is 0 Å². The number of rotatable bonds is 4. The monoisotopic (exact) mass is 216 g/mol. The fourth-order valence-electron chi connectivity index (χ4n) is 2.22. The van der Waals surface area contributed by atoms with Gasteiger partial charge in [-0.25, -0.2) is 0 Å². The Morgan fingerprint density at radius 2 is 2.06 bits per heavy atom. The number of nitrogens with two attached hydrogens (primary N) is 1. The quantitative estimate of drug-likeness (QED) is 0.837. The molecule has 2 heteroatoms. The summed E-state index contributed by atoms with van der Waals surface area (Å²) in [5, 5.41) is 1.36. The summed E-state index contributed by atoms with van der Waals surface area (Å²) in [7, 11) is 0. The lowest BCUT2D eigenvalue weighted by atomic mass is 10.1. The molecule has 0 unspecified atom stereocenters. The van der Waals surface area contributed by atoms with E-state index in [1.54, 1.807) is 0 Å². The summed E-state index contributed by atoms with van der Waals surface area (Å²) < 4.78 is 2.36. The van der Waals surface area contributed by atoms with E-state index in [1.165, 1.54) is 22.2 Å². The molecule has 86 valence electrons. The van der Waals surface area contributed by atoms with Crippen LogP contribution in [-0.2, 0) is 13.0 Å². The Morgan fingerprint density at radius 3 is 2.75 bits per heavy atom. The van der Waals surface area contributed by atoms with Crippen molar-refractivity contribution in [2.24, 2.45) is 5.73 Å². The van der Waals surface area contributed by atoms with Gasteiger partial charge in [0, 0.05) is 23.1 Å². The molecule has 2 nitrogen and oxygen atoms in total. The van der Waals surface area contributed by atoms with Gasteiger partial charge in [-0.2, -0.15) is 0 Å². The third-order valence-electron chi connectivity index (χ3n) is 3.17. The normalized spacial score (nSPS) is 11.2. The van der Waals surface area contributed by atoms with E-state index in [0.717, 1.165) is 25.9 Å². The zero-order valence-electron chi connectivity index (χ0n) is 10.2. The van der Waals surface area contributed by atoms with Gasteiger partial charge in [0.1, 0.15) is 0 Å². The van der Waals surface area contributed by atoms with Crippen molar-refractivity contribution in [3.05, 3.63) is 35.5 Å². The summed E-state index contributed by atoms with van der Waals surface area (Å²) in [6.45, 7) is 6.14. The maximum absolute atomic E-state index is 5.57. The molecule has 2 N–H and O–H groups in total. The second kappa shape index (κ2) is 4.71. The minimum absolute atomic E-state index is 0.756. The fourth-order valence-corrected chi connectivity index (χ4v) is 2.22. The van der Waals surface area contributed by atoms with Gasteiger partial charge in [0.05, 0.1) is 0 Å². The predicted octanol–water partition coefficient (Wildman–Crippen LogP) is 2.86. The molecule has 0 fully saturated rings. The molecule has 0 aliphatic rings. The van der Waals surface area contributed by atoms with Crippen LogP contribution in [0.2, 0.25) is 0 Å². The standard InChI is InChI=1S/C14H20N2/c1-3-12-5-6-14-13(10-12)9-11(2)16(14)8-4-7-15/h5-6,9-10H,3-4,7-8,15H2,1-2H3. The van der Waals surface area contributed by atoms with E-state index in [0.29, 0.717) is 0 Å². The molecule has 0 saturated heterocycles. The van der Waals surface area contributed by atoms with Crippen molar-refractivity contribution < 1.29 is 0 Å². The first-order valence-electron chi connectivity index (χ1n) is 6.05. The third kappa shape index (κ3) is 1.98. The molecule has 0 bridgehead atoms. The Hall–Kier alpha value is -1.28. The molecular weight excluding hydrogens is 196 g/mol. The maximum atomic E-state index is 5.57. The van der Waals surface area contributed by atoms with Crippen LogP contribution in [0.1, 0.15) is 24.6 Å². The molecule has 0 spiro atoms. The molecule has 0 atom stereocenters. The highest BCUT2D eigenvalue weighted by Gasteiger charge is 2.05. The average Bonchev–Trinajstić information content (AvgIpc) is 2.61. The van der Waals surface area contributed by atoms with Gasteiger partial charge in [0.2, 0.25) is 0 Å². The lowest BCUT2D eigenvalue weighted by Gasteiger charge is -2.07. The largest absolute Gasteiger partial charge is 0.345 e. The molecule has 0 aliphatic heterocycles. The van der Waals surface area contributed by atoms with Gasteiger partial charge >= 0.3 is 0 Å². The van der Waals surface area contributed by atoms with Gasteiger partial charge in [0.15, 0.2) is 0 Å². The van der Waals surface area contributed by atoms with Crippen molar-refractivity contribution in [1.82, 2.24) is 4.57 Å². The predicted molar refractivity (Wildman–Crippen MR) is 69.7 cm³/mol. The first-order valence-corrected chi connectivity index (χ1v) is 6.05. The Morgan fingerprint density at radius 1 is 1.25 bits per heavy atom. The zero-order valence-corrected chi connectivity index (χ0v) is 10.2. The molecule has 1 aromatic heterocycles. The van der Waals surface area contributed by atoms with Crippen molar-refractivity contribution in [2.45, 2.75) is 33.2 Å². The third-order valence-corrected chi connectivity index (χ3v) is 3.17. The van der Waals surface area contributed by atoms with Gasteiger partial charge in [-0.3, -0.25) is 0 Å². The van der Waals surface area contributed by atoms with E-state index in [2.05, 4.69) is 42.7 Å². The van der Waals surface area contributed by atoms with E-state index in [-0.39, 0.29) is 0 Å². The highest BCUT2D eigenvalue weighted by atomic mass is 15.0. The lowest BCUT2D eigenvalue weighted by molar-refractivity contribution is 0.656. The molecule has 2 aromatic rings. The van der Waals surface area contributed by atoms with Crippen LogP contribution in [0.25, 0.3) is 10.9 Å². The van der Waals surface area contributed by atoms with Crippen LogP contribution in [0.4, 0.5) is 0 Å². The Kier molecular flexibility index (Phi) is 3.30. The molecule has 0 amide bonds. The summed E-state index contributed by atoms with van der Waals surface area (Å²) in [6, 6.07) is 9.02. The number of fused-ring (bicyclic) bond motifs is 1. The Balaban J connectivity index is 2.45. The number of nitrogens with zero attached hydrogens (tertiary/aromatic N) is 1. The first kappa shape index (κ1) is 11.2. The molecule has 1 heterocycles. The van der Waals surface area contributed by atoms with Crippen LogP contribution >= 0.6 is 0 Å². The van der Waals surface area contributed by atoms with Crippen LogP contribution in [0.3, 0.4) is 0 Å². The molecule has 0 saturated carbocycles. The summed E-state index contributed by atoms with van der Waals surface area (Å²) in [5.74, 6) is 0. The van der Waals surface area contributed by atoms with Gasteiger partial charge in [-0.05, 0) is 50.1 Å². The van der Waals surface area contributed by atoms with Crippen LogP contribution in [0.5, 0.6) is 0 Å². The van der Waals surface area contributed by atoms with E-state index in [1.807, 2.05) is 0 Å². The van der Waals surface area contributed by atoms with E-state index >= 15 is 0 Å². The average molecular weight is 216 g/mol. The van der Waals surface area contributed by atoms with Gasteiger partial charge in [-0.15, -0.1) is 0 Å². The molecule has 0 aliphatic carbocycles. The van der Waals surface area contributed by atoms with Crippen molar-refractivity contribution >= 4 is 10.9 Å². The first-order chi connectivity index (χ1) is 7.76. The van der Waals surface area contributed by atoms with E-state index < -0.39 is 0 Å². The highest BCUT2D eigenvalue weighted by molar-refractivity contribution is 5.82. The van der Waals surface area contributed by atoms with Gasteiger partial charge in [-0.1, -0.05) is 13.0 Å². The maximum Gasteiger partial charge on any atom is 0.0482 e. The highest BCUT2D eigenvalue weighted by Crippen LogP contribution is 2.21. The van der Waals surface area contributed by atoms with Gasteiger partial charge < -0.3 is 10.3 Å². The minimum Gasteiger partial charge on any atom is -0.345 e. The SMILES string of the molecule is CCc1ccc2c(c1)cc(C)n2CCCN. The number of aryl methyl sites for hydroxylation is 3. The fraction of sp³-hybridized carbons (Fsp3) is 0.429. The van der Waals surface area contributed by atoms with E-state index in [9.17, 15) is 0 Å². The number of hydrogen-bond acceptors (Lipinski definition) is 1. The molecule has 2 rings (SSSR count). The van der Waals surface area contributed by atoms with Crippen LogP contribution < -0.4 is 5.73 Å². The number of hydrogen-bond donors (Lipinski definition) is 1. The molecule has 16 heavy (non-hydrogen) atoms. The van der Waals surface area contributed by atoms with Crippen molar-refractivity contribution in [3.63, 3.8) is 0 Å². The van der Waals surface area contributed by atoms with E-state index in [4.69, 9.17) is 5.73 Å². The van der Waals surface area contributed by atoms with Crippen LogP contribution in [0, 0.1) is 6.92 Å². The lowest BCUT2D eigenvalue weighted by Crippen LogP contribution is -2.06. The number of benzene rings is 1. The second-order valence-corrected chi connectivity index (χ2v) is 4.33. The zero-order chi connectivity index (χ0) is 11.5. The van der Waals surface area contributed by atoms with Crippen molar-refractivity contribution in [1.29, 1.82) is 0 Å². The summed E-state index contributed by atoms with van der Waals surface area (Å²) >= 11 is 0.